The SMILES string of the molecule is CCC(C)[C@@H]1NC(=O)CNC(=O)[C@@H]2Cc3c([nH]c4cc(O)ccc34)S(=O)C[C@@H](NC(=O)CNC1=O)C(=O)NC(CC(=O)O)C(=O)N1CC(O)C[C@H]1C(=O)N[C@@H]([C@@H](C)[C@@H](O)CO)C(=O)N2. The predicted octanol–water partition coefficient (Wildman–Crippen LogP) is -5.32. The van der Waals surface area contributed by atoms with Crippen LogP contribution in [0.4, 0.5) is 0 Å². The van der Waals surface area contributed by atoms with Gasteiger partial charge < -0.3 is 72.6 Å². The Hall–Kier alpha value is -6.18. The van der Waals surface area contributed by atoms with Crippen molar-refractivity contribution in [2.75, 3.05) is 32.0 Å². The maximum Gasteiger partial charge on any atom is 0.305 e. The number of aliphatic hydroxyl groups excluding tert-OH is 3. The summed E-state index contributed by atoms with van der Waals surface area (Å²) in [5, 5.41) is 68.3. The van der Waals surface area contributed by atoms with Crippen LogP contribution in [0.15, 0.2) is 23.2 Å². The lowest BCUT2D eigenvalue weighted by Gasteiger charge is -2.32. The predicted molar refractivity (Wildman–Crippen MR) is 221 cm³/mol. The van der Waals surface area contributed by atoms with Crippen LogP contribution >= 0.6 is 0 Å². The number of aliphatic hydroxyl groups is 3. The monoisotopic (exact) mass is 919 g/mol. The molecule has 350 valence electrons. The minimum Gasteiger partial charge on any atom is -0.508 e. The van der Waals surface area contributed by atoms with Crippen molar-refractivity contribution in [2.45, 2.75) is 99.9 Å². The van der Waals surface area contributed by atoms with Gasteiger partial charge in [0.05, 0.1) is 60.4 Å². The van der Waals surface area contributed by atoms with Crippen molar-refractivity contribution in [3.8, 4) is 5.75 Å². The largest absolute Gasteiger partial charge is 0.508 e. The van der Waals surface area contributed by atoms with Gasteiger partial charge in [-0.05, 0) is 23.6 Å². The molecule has 1 saturated heterocycles. The van der Waals surface area contributed by atoms with Gasteiger partial charge in [-0.25, -0.2) is 0 Å². The number of hydrogen-bond acceptors (Lipinski definition) is 14. The third-order valence-electron chi connectivity index (χ3n) is 11.5. The van der Waals surface area contributed by atoms with Crippen molar-refractivity contribution < 1.29 is 72.9 Å². The standard InChI is InChI=1S/C39H53N9O15S/c1-4-16(2)31-36(60)41-11-28(53)42-25-15-64(63)38-21(20-6-5-18(50)7-22(20)45-38)9-23(33(57)40-12-29(54)46-31)43-37(61)32(17(3)27(52)14-49)47-35(59)26-8-19(51)13-48(26)39(62)24(10-30(55)56)44-34(25)58/h5-7,16-17,19,23-27,31-32,45,49-52H,4,8-15H2,1-3H3,(H,40,57)(H,41,60)(H,42,53)(H,43,61)(H,44,58)(H,46,54)(H,47,59)(H,55,56)/t16?,17-,19?,23-,24?,25+,26-,27-,31-,32-,64?/m0/s1. The summed E-state index contributed by atoms with van der Waals surface area (Å²) >= 11 is 0. The van der Waals surface area contributed by atoms with E-state index >= 15 is 0 Å². The van der Waals surface area contributed by atoms with Crippen LogP contribution in [0.25, 0.3) is 10.9 Å². The number of phenolic OH excluding ortho intramolecular Hbond substituents is 1. The number of aromatic amines is 1. The number of rotatable bonds is 7. The molecule has 4 unspecified atom stereocenters. The molecule has 0 spiro atoms. The molecular formula is C39H53N9O15S. The van der Waals surface area contributed by atoms with Crippen molar-refractivity contribution in [3.63, 3.8) is 0 Å². The fourth-order valence-electron chi connectivity index (χ4n) is 7.67. The van der Waals surface area contributed by atoms with Crippen LogP contribution in [0.1, 0.15) is 45.6 Å². The zero-order valence-corrected chi connectivity index (χ0v) is 35.9. The van der Waals surface area contributed by atoms with E-state index in [9.17, 15) is 72.9 Å². The first-order chi connectivity index (χ1) is 30.2. The molecule has 2 aromatic rings. The second-order valence-corrected chi connectivity index (χ2v) is 17.5. The van der Waals surface area contributed by atoms with Crippen molar-refractivity contribution in [3.05, 3.63) is 23.8 Å². The smallest absolute Gasteiger partial charge is 0.305 e. The first-order valence-corrected chi connectivity index (χ1v) is 21.8. The van der Waals surface area contributed by atoms with Crippen LogP contribution in [0, 0.1) is 11.8 Å². The van der Waals surface area contributed by atoms with E-state index in [1.165, 1.54) is 25.1 Å². The van der Waals surface area contributed by atoms with Crippen LogP contribution in [0.5, 0.6) is 5.75 Å². The van der Waals surface area contributed by atoms with Crippen LogP contribution in [0.3, 0.4) is 0 Å². The number of nitrogens with zero attached hydrogens (tertiary/aromatic N) is 1. The Balaban J connectivity index is 1.73. The topological polar surface area (TPSA) is 375 Å². The molecule has 4 heterocycles. The number of hydrogen-bond donors (Lipinski definition) is 13. The number of carbonyl (C=O) groups is 9. The minimum atomic E-state index is -2.41. The zero-order valence-electron chi connectivity index (χ0n) is 35.0. The van der Waals surface area contributed by atoms with E-state index in [1.54, 1.807) is 13.8 Å². The summed E-state index contributed by atoms with van der Waals surface area (Å²) in [4.78, 5) is 127. The van der Waals surface area contributed by atoms with Gasteiger partial charge in [0.25, 0.3) is 0 Å². The fourth-order valence-corrected chi connectivity index (χ4v) is 9.07. The molecule has 24 nitrogen and oxygen atoms in total. The average Bonchev–Trinajstić information content (AvgIpc) is 3.82. The molecule has 11 atom stereocenters. The Morgan fingerprint density at radius 3 is 2.19 bits per heavy atom. The number of nitrogens with one attached hydrogen (secondary N) is 8. The molecule has 3 aliphatic rings. The lowest BCUT2D eigenvalue weighted by Crippen LogP contribution is -2.62. The molecule has 13 N–H and O–H groups in total. The molecule has 2 bridgehead atoms. The van der Waals surface area contributed by atoms with Gasteiger partial charge in [0.2, 0.25) is 47.3 Å². The number of carbonyl (C=O) groups excluding carboxylic acids is 8. The molecular weight excluding hydrogens is 867 g/mol. The number of aliphatic carboxylic acids is 1. The quantitative estimate of drug-likeness (QED) is 0.123. The third kappa shape index (κ3) is 11.5. The maximum atomic E-state index is 14.5. The molecule has 3 aliphatic heterocycles. The number of carboxylic acid groups (broad SMARTS) is 1. The summed E-state index contributed by atoms with van der Waals surface area (Å²) in [6.45, 7) is 1.64. The van der Waals surface area contributed by atoms with Gasteiger partial charge in [-0.1, -0.05) is 27.2 Å². The van der Waals surface area contributed by atoms with Crippen LogP contribution in [0.2, 0.25) is 0 Å². The summed E-state index contributed by atoms with van der Waals surface area (Å²) in [5.74, 6) is -12.9. The van der Waals surface area contributed by atoms with Crippen LogP contribution in [-0.2, 0) is 60.4 Å². The molecule has 5 rings (SSSR count). The van der Waals surface area contributed by atoms with E-state index in [-0.39, 0.29) is 27.2 Å². The summed E-state index contributed by atoms with van der Waals surface area (Å²) in [6, 6.07) is -6.28. The zero-order chi connectivity index (χ0) is 47.2. The van der Waals surface area contributed by atoms with Crippen molar-refractivity contribution in [1.82, 2.24) is 47.1 Å². The number of fused-ring (bicyclic) bond motifs is 5. The lowest BCUT2D eigenvalue weighted by atomic mass is 9.93. The summed E-state index contributed by atoms with van der Waals surface area (Å²) < 4.78 is 14.5. The van der Waals surface area contributed by atoms with Crippen molar-refractivity contribution in [1.29, 1.82) is 0 Å². The molecule has 0 saturated carbocycles. The number of phenols is 1. The Kier molecular flexibility index (Phi) is 16.0. The molecule has 1 aromatic heterocycles. The summed E-state index contributed by atoms with van der Waals surface area (Å²) in [6.07, 6.45) is -4.74. The molecule has 0 aliphatic carbocycles. The Bertz CT molecular complexity index is 2200. The minimum absolute atomic E-state index is 0.0635. The van der Waals surface area contributed by atoms with Gasteiger partial charge in [0, 0.05) is 36.8 Å². The van der Waals surface area contributed by atoms with Gasteiger partial charge in [-0.2, -0.15) is 0 Å². The van der Waals surface area contributed by atoms with Gasteiger partial charge in [0.15, 0.2) is 0 Å². The number of aromatic nitrogens is 1. The highest BCUT2D eigenvalue weighted by molar-refractivity contribution is 7.85. The van der Waals surface area contributed by atoms with E-state index in [4.69, 9.17) is 0 Å². The van der Waals surface area contributed by atoms with E-state index in [2.05, 4.69) is 42.2 Å². The number of carboxylic acids is 1. The molecule has 8 amide bonds. The number of benzene rings is 1. The van der Waals surface area contributed by atoms with Crippen molar-refractivity contribution in [2.24, 2.45) is 11.8 Å². The second kappa shape index (κ2) is 21.0. The third-order valence-corrected chi connectivity index (χ3v) is 12.9. The van der Waals surface area contributed by atoms with Gasteiger partial charge in [0.1, 0.15) is 47.0 Å². The second-order valence-electron chi connectivity index (χ2n) is 16.1. The molecule has 25 heteroatoms. The van der Waals surface area contributed by atoms with Crippen molar-refractivity contribution >= 4 is 74.9 Å². The normalized spacial score (nSPS) is 28.5. The van der Waals surface area contributed by atoms with Crippen LogP contribution < -0.4 is 37.2 Å². The number of aromatic hydroxyl groups is 1. The van der Waals surface area contributed by atoms with Gasteiger partial charge >= 0.3 is 5.97 Å². The molecule has 64 heavy (non-hydrogen) atoms. The van der Waals surface area contributed by atoms with Crippen LogP contribution in [-0.4, -0.2) is 173 Å². The lowest BCUT2D eigenvalue weighted by molar-refractivity contribution is -0.146. The van der Waals surface area contributed by atoms with Gasteiger partial charge in [-0.3, -0.25) is 47.4 Å². The number of H-pyrrole nitrogens is 1. The Morgan fingerprint density at radius 1 is 0.859 bits per heavy atom. The first-order valence-electron chi connectivity index (χ1n) is 20.5. The van der Waals surface area contributed by atoms with E-state index in [0.717, 1.165) is 4.90 Å². The van der Waals surface area contributed by atoms with E-state index < -0.39 is 176 Å². The Morgan fingerprint density at radius 2 is 1.53 bits per heavy atom. The van der Waals surface area contributed by atoms with Gasteiger partial charge in [-0.15, -0.1) is 0 Å². The highest BCUT2D eigenvalue weighted by Crippen LogP contribution is 2.30. The number of amides is 8. The van der Waals surface area contributed by atoms with E-state index in [0.29, 0.717) is 6.42 Å². The fraction of sp³-hybridized carbons (Fsp3) is 0.564. The summed E-state index contributed by atoms with van der Waals surface area (Å²) in [5.41, 5.74) is 0.220. The summed E-state index contributed by atoms with van der Waals surface area (Å²) in [7, 11) is -2.41. The maximum absolute atomic E-state index is 14.5. The molecule has 0 radical (unpaired) electrons. The molecule has 1 aromatic carbocycles. The first kappa shape index (κ1) is 48.8. The van der Waals surface area contributed by atoms with E-state index in [1.807, 2.05) is 0 Å². The Labute approximate surface area is 367 Å². The molecule has 1 fully saturated rings. The highest BCUT2D eigenvalue weighted by Gasteiger charge is 2.45. The average molecular weight is 920 g/mol. The highest BCUT2D eigenvalue weighted by atomic mass is 32.2.